The summed E-state index contributed by atoms with van der Waals surface area (Å²) in [5.74, 6) is 2.10. The average Bonchev–Trinajstić information content (AvgIpc) is 2.77. The average molecular weight is 308 g/mol. The van der Waals surface area contributed by atoms with Crippen molar-refractivity contribution in [1.29, 1.82) is 0 Å². The molecule has 4 aliphatic rings. The lowest BCUT2D eigenvalue weighted by Gasteiger charge is -2.61. The Labute approximate surface area is 134 Å². The molecule has 4 aliphatic carbocycles. The van der Waals surface area contributed by atoms with Gasteiger partial charge in [-0.05, 0) is 85.9 Å². The molecule has 4 fully saturated rings. The molecule has 3 nitrogen and oxygen atoms in total. The Morgan fingerprint density at radius 3 is 2.18 bits per heavy atom. The molecule has 0 aromatic carbocycles. The van der Waals surface area contributed by atoms with Gasteiger partial charge in [0, 0.05) is 0 Å². The fourth-order valence-electron chi connectivity index (χ4n) is 7.25. The van der Waals surface area contributed by atoms with Crippen LogP contribution in [-0.4, -0.2) is 33.6 Å². The van der Waals surface area contributed by atoms with Crippen LogP contribution in [-0.2, 0) is 0 Å². The van der Waals surface area contributed by atoms with Crippen molar-refractivity contribution in [2.75, 3.05) is 0 Å². The first-order chi connectivity index (χ1) is 10.4. The molecule has 3 heteroatoms. The number of hydrogen-bond acceptors (Lipinski definition) is 3. The van der Waals surface area contributed by atoms with E-state index in [1.165, 1.54) is 6.42 Å². The second-order valence-corrected chi connectivity index (χ2v) is 9.36. The Kier molecular flexibility index (Phi) is 3.46. The van der Waals surface area contributed by atoms with E-state index in [4.69, 9.17) is 0 Å². The molecule has 0 aliphatic heterocycles. The van der Waals surface area contributed by atoms with Crippen LogP contribution in [0.2, 0.25) is 0 Å². The number of aliphatic hydroxyl groups is 3. The summed E-state index contributed by atoms with van der Waals surface area (Å²) in [5.41, 5.74) is 0.273. The molecule has 0 amide bonds. The van der Waals surface area contributed by atoms with E-state index in [0.717, 1.165) is 44.9 Å². The van der Waals surface area contributed by atoms with Crippen molar-refractivity contribution in [3.05, 3.63) is 0 Å². The minimum absolute atomic E-state index is 0.0816. The molecule has 0 aromatic heterocycles. The van der Waals surface area contributed by atoms with E-state index in [0.29, 0.717) is 17.8 Å². The second kappa shape index (κ2) is 4.94. The van der Waals surface area contributed by atoms with E-state index in [1.807, 2.05) is 0 Å². The predicted octanol–water partition coefficient (Wildman–Crippen LogP) is 2.72. The minimum atomic E-state index is -0.263. The van der Waals surface area contributed by atoms with Gasteiger partial charge in [-0.1, -0.05) is 13.8 Å². The van der Waals surface area contributed by atoms with Crippen LogP contribution in [0.3, 0.4) is 0 Å². The molecule has 4 rings (SSSR count). The SMILES string of the molecule is C[C@]12CC[C@H](O)C[C@@H]1[C@H](O)C[C@H]1[C@H]2CC[C@@]2(C)[C@@H]1CC[C@@H]2O. The third-order valence-corrected chi connectivity index (χ3v) is 8.60. The first kappa shape index (κ1) is 15.4. The van der Waals surface area contributed by atoms with Crippen molar-refractivity contribution in [2.45, 2.75) is 83.5 Å². The molecule has 126 valence electrons. The molecule has 22 heavy (non-hydrogen) atoms. The van der Waals surface area contributed by atoms with Gasteiger partial charge in [-0.25, -0.2) is 0 Å². The van der Waals surface area contributed by atoms with E-state index < -0.39 is 0 Å². The van der Waals surface area contributed by atoms with E-state index in [-0.39, 0.29) is 35.1 Å². The van der Waals surface area contributed by atoms with Crippen LogP contribution >= 0.6 is 0 Å². The van der Waals surface area contributed by atoms with E-state index in [9.17, 15) is 15.3 Å². The van der Waals surface area contributed by atoms with Gasteiger partial charge >= 0.3 is 0 Å². The molecule has 0 heterocycles. The highest BCUT2D eigenvalue weighted by Crippen LogP contribution is 2.66. The van der Waals surface area contributed by atoms with Gasteiger partial charge in [0.15, 0.2) is 0 Å². The summed E-state index contributed by atoms with van der Waals surface area (Å²) in [7, 11) is 0. The molecule has 0 saturated heterocycles. The molecule has 0 radical (unpaired) electrons. The summed E-state index contributed by atoms with van der Waals surface area (Å²) >= 11 is 0. The molecule has 9 atom stereocenters. The van der Waals surface area contributed by atoms with Gasteiger partial charge in [-0.15, -0.1) is 0 Å². The quantitative estimate of drug-likeness (QED) is 0.645. The standard InChI is InChI=1S/C19H32O3/c1-18-7-5-11(20)9-15(18)16(21)10-12-13-3-4-17(22)19(13,2)8-6-14(12)18/h11-17,20-22H,3-10H2,1-2H3/t11-,12+,13+,14+,15+,16+,17-,18+,19-/m0/s1. The highest BCUT2D eigenvalue weighted by molar-refractivity contribution is 5.11. The predicted molar refractivity (Wildman–Crippen MR) is 85.1 cm³/mol. The summed E-state index contributed by atoms with van der Waals surface area (Å²) < 4.78 is 0. The lowest BCUT2D eigenvalue weighted by molar-refractivity contribution is -0.174. The molecule has 3 N–H and O–H groups in total. The molecule has 0 aromatic rings. The molecular formula is C19H32O3. The monoisotopic (exact) mass is 308 g/mol. The number of aliphatic hydroxyl groups excluding tert-OH is 3. The highest BCUT2D eigenvalue weighted by atomic mass is 16.3. The number of fused-ring (bicyclic) bond motifs is 5. The van der Waals surface area contributed by atoms with Crippen LogP contribution < -0.4 is 0 Å². The van der Waals surface area contributed by atoms with Gasteiger partial charge in [0.2, 0.25) is 0 Å². The zero-order valence-electron chi connectivity index (χ0n) is 14.0. The van der Waals surface area contributed by atoms with Crippen molar-refractivity contribution < 1.29 is 15.3 Å². The zero-order chi connectivity index (χ0) is 15.7. The van der Waals surface area contributed by atoms with Crippen LogP contribution in [0.25, 0.3) is 0 Å². The fraction of sp³-hybridized carbons (Fsp3) is 1.00. The molecular weight excluding hydrogens is 276 g/mol. The lowest BCUT2D eigenvalue weighted by atomic mass is 9.44. The first-order valence-electron chi connectivity index (χ1n) is 9.40. The number of rotatable bonds is 0. The maximum atomic E-state index is 10.8. The third-order valence-electron chi connectivity index (χ3n) is 8.60. The Bertz CT molecular complexity index is 452. The van der Waals surface area contributed by atoms with Crippen LogP contribution in [0, 0.1) is 34.5 Å². The van der Waals surface area contributed by atoms with E-state index in [1.54, 1.807) is 0 Å². The van der Waals surface area contributed by atoms with Gasteiger partial charge in [0.05, 0.1) is 18.3 Å². The van der Waals surface area contributed by atoms with Crippen LogP contribution in [0.1, 0.15) is 65.2 Å². The van der Waals surface area contributed by atoms with Crippen molar-refractivity contribution in [3.63, 3.8) is 0 Å². The maximum Gasteiger partial charge on any atom is 0.0596 e. The smallest absolute Gasteiger partial charge is 0.0596 e. The largest absolute Gasteiger partial charge is 0.393 e. The zero-order valence-corrected chi connectivity index (χ0v) is 14.0. The summed E-state index contributed by atoms with van der Waals surface area (Å²) in [4.78, 5) is 0. The molecule has 0 unspecified atom stereocenters. The van der Waals surface area contributed by atoms with Crippen molar-refractivity contribution in [2.24, 2.45) is 34.5 Å². The highest BCUT2D eigenvalue weighted by Gasteiger charge is 2.61. The Morgan fingerprint density at radius 2 is 1.41 bits per heavy atom. The fourth-order valence-corrected chi connectivity index (χ4v) is 7.25. The Morgan fingerprint density at radius 1 is 0.727 bits per heavy atom. The first-order valence-corrected chi connectivity index (χ1v) is 9.40. The van der Waals surface area contributed by atoms with Gasteiger partial charge < -0.3 is 15.3 Å². The van der Waals surface area contributed by atoms with Crippen molar-refractivity contribution in [1.82, 2.24) is 0 Å². The second-order valence-electron chi connectivity index (χ2n) is 9.36. The lowest BCUT2D eigenvalue weighted by Crippen LogP contribution is -2.58. The van der Waals surface area contributed by atoms with Crippen molar-refractivity contribution in [3.8, 4) is 0 Å². The normalized spacial score (nSPS) is 61.2. The summed E-state index contributed by atoms with van der Waals surface area (Å²) in [6.07, 6.45) is 7.42. The summed E-state index contributed by atoms with van der Waals surface area (Å²) in [5, 5.41) is 31.4. The molecule has 0 bridgehead atoms. The summed E-state index contributed by atoms with van der Waals surface area (Å²) in [6, 6.07) is 0. The Balaban J connectivity index is 1.66. The Hall–Kier alpha value is -0.120. The van der Waals surface area contributed by atoms with Crippen LogP contribution in [0.5, 0.6) is 0 Å². The van der Waals surface area contributed by atoms with Crippen molar-refractivity contribution >= 4 is 0 Å². The maximum absolute atomic E-state index is 10.8. The minimum Gasteiger partial charge on any atom is -0.393 e. The van der Waals surface area contributed by atoms with E-state index >= 15 is 0 Å². The molecule has 4 saturated carbocycles. The van der Waals surface area contributed by atoms with E-state index in [2.05, 4.69) is 13.8 Å². The number of hydrogen-bond donors (Lipinski definition) is 3. The van der Waals surface area contributed by atoms with Gasteiger partial charge in [-0.3, -0.25) is 0 Å². The third kappa shape index (κ3) is 1.91. The van der Waals surface area contributed by atoms with Gasteiger partial charge in [0.25, 0.3) is 0 Å². The van der Waals surface area contributed by atoms with Crippen LogP contribution in [0.15, 0.2) is 0 Å². The van der Waals surface area contributed by atoms with Crippen LogP contribution in [0.4, 0.5) is 0 Å². The topological polar surface area (TPSA) is 60.7 Å². The summed E-state index contributed by atoms with van der Waals surface area (Å²) in [6.45, 7) is 4.68. The molecule has 0 spiro atoms. The van der Waals surface area contributed by atoms with Gasteiger partial charge in [-0.2, -0.15) is 0 Å². The van der Waals surface area contributed by atoms with Gasteiger partial charge in [0.1, 0.15) is 0 Å².